The number of aromatic nitrogens is 2. The van der Waals surface area contributed by atoms with Crippen molar-refractivity contribution in [1.29, 1.82) is 0 Å². The number of ether oxygens (including phenoxy) is 1. The van der Waals surface area contributed by atoms with Crippen LogP contribution in [0.25, 0.3) is 0 Å². The van der Waals surface area contributed by atoms with Gasteiger partial charge in [0.2, 0.25) is 0 Å². The lowest BCUT2D eigenvalue weighted by Crippen LogP contribution is -2.44. The maximum atomic E-state index is 12.3. The number of hydrogen-bond acceptors (Lipinski definition) is 7. The van der Waals surface area contributed by atoms with Gasteiger partial charge < -0.3 is 19.9 Å². The molecule has 1 amide bonds. The van der Waals surface area contributed by atoms with Crippen LogP contribution >= 0.6 is 11.8 Å². The molecule has 0 unspecified atom stereocenters. The fourth-order valence-corrected chi connectivity index (χ4v) is 4.21. The molecule has 1 aliphatic carbocycles. The Morgan fingerprint density at radius 1 is 1.20 bits per heavy atom. The van der Waals surface area contributed by atoms with Crippen molar-refractivity contribution < 1.29 is 9.53 Å². The van der Waals surface area contributed by atoms with Crippen molar-refractivity contribution in [2.24, 2.45) is 0 Å². The number of likely N-dealkylation sites (N-methyl/N-ethyl adjacent to an activating group) is 1. The van der Waals surface area contributed by atoms with E-state index in [4.69, 9.17) is 9.72 Å². The monoisotopic (exact) mass is 427 g/mol. The summed E-state index contributed by atoms with van der Waals surface area (Å²) in [5.41, 5.74) is 2.69. The van der Waals surface area contributed by atoms with E-state index >= 15 is 0 Å². The van der Waals surface area contributed by atoms with Crippen molar-refractivity contribution in [2.75, 3.05) is 45.2 Å². The van der Waals surface area contributed by atoms with Gasteiger partial charge in [0.1, 0.15) is 5.82 Å². The van der Waals surface area contributed by atoms with Crippen molar-refractivity contribution in [3.63, 3.8) is 0 Å². The Morgan fingerprint density at radius 2 is 2.00 bits per heavy atom. The van der Waals surface area contributed by atoms with E-state index in [1.165, 1.54) is 0 Å². The van der Waals surface area contributed by atoms with Crippen LogP contribution in [0.5, 0.6) is 0 Å². The molecule has 1 N–H and O–H groups in total. The molecule has 30 heavy (non-hydrogen) atoms. The smallest absolute Gasteiger partial charge is 0.251 e. The van der Waals surface area contributed by atoms with Gasteiger partial charge in [0.25, 0.3) is 5.91 Å². The molecular weight excluding hydrogens is 398 g/mol. The van der Waals surface area contributed by atoms with E-state index in [9.17, 15) is 4.79 Å². The molecule has 0 bridgehead atoms. The van der Waals surface area contributed by atoms with Crippen LogP contribution in [-0.2, 0) is 17.1 Å². The largest absolute Gasteiger partial charge is 0.378 e. The van der Waals surface area contributed by atoms with Crippen molar-refractivity contribution in [3.8, 4) is 0 Å². The molecule has 2 aliphatic rings. The number of methoxy groups -OCH3 is 1. The first-order valence-electron chi connectivity index (χ1n) is 10.4. The van der Waals surface area contributed by atoms with Crippen molar-refractivity contribution >= 4 is 23.5 Å². The number of rotatable bonds is 8. The second-order valence-corrected chi connectivity index (χ2v) is 8.90. The van der Waals surface area contributed by atoms with E-state index in [-0.39, 0.29) is 5.91 Å². The molecule has 2 aromatic rings. The van der Waals surface area contributed by atoms with Crippen molar-refractivity contribution in [2.45, 2.75) is 36.4 Å². The second kappa shape index (κ2) is 9.76. The summed E-state index contributed by atoms with van der Waals surface area (Å²) in [6, 6.07) is 10.2. The van der Waals surface area contributed by atoms with Crippen molar-refractivity contribution in [1.82, 2.24) is 20.2 Å². The van der Waals surface area contributed by atoms with Gasteiger partial charge in [-0.25, -0.2) is 9.97 Å². The van der Waals surface area contributed by atoms with E-state index in [0.29, 0.717) is 24.0 Å². The minimum Gasteiger partial charge on any atom is -0.378 e. The summed E-state index contributed by atoms with van der Waals surface area (Å²) in [6.45, 7) is 4.45. The van der Waals surface area contributed by atoms with Crippen LogP contribution < -0.4 is 10.2 Å². The molecule has 1 aliphatic heterocycles. The number of carbonyl (C=O) groups is 1. The average molecular weight is 428 g/mol. The lowest BCUT2D eigenvalue weighted by molar-refractivity contribution is 0.0951. The standard InChI is InChI=1S/C22H29N5O2S/c1-26-8-10-27(11-9-26)20-13-19(14-29-2)24-22(25-20)30-15-16-4-3-5-17(12-16)21(28)23-18-6-7-18/h3-5,12-13,18H,6-11,14-15H2,1-2H3,(H,23,28). The number of nitrogens with one attached hydrogen (secondary N) is 1. The van der Waals surface area contributed by atoms with E-state index in [0.717, 1.165) is 61.3 Å². The first-order valence-corrected chi connectivity index (χ1v) is 11.4. The average Bonchev–Trinajstić information content (AvgIpc) is 3.57. The van der Waals surface area contributed by atoms with Gasteiger partial charge in [-0.2, -0.15) is 0 Å². The lowest BCUT2D eigenvalue weighted by atomic mass is 10.1. The molecule has 2 fully saturated rings. The molecule has 1 aromatic carbocycles. The van der Waals surface area contributed by atoms with Crippen LogP contribution in [0.2, 0.25) is 0 Å². The number of carbonyl (C=O) groups excluding carboxylic acids is 1. The summed E-state index contributed by atoms with van der Waals surface area (Å²) in [5, 5.41) is 3.79. The van der Waals surface area contributed by atoms with Gasteiger partial charge >= 0.3 is 0 Å². The molecule has 2 heterocycles. The first-order chi connectivity index (χ1) is 14.6. The Labute approximate surface area is 182 Å². The molecule has 0 atom stereocenters. The molecule has 4 rings (SSSR count). The van der Waals surface area contributed by atoms with Crippen LogP contribution in [0.3, 0.4) is 0 Å². The first kappa shape index (κ1) is 21.1. The summed E-state index contributed by atoms with van der Waals surface area (Å²) < 4.78 is 5.31. The van der Waals surface area contributed by atoms with Gasteiger partial charge in [0.15, 0.2) is 5.16 Å². The predicted octanol–water partition coefficient (Wildman–Crippen LogP) is 2.56. The summed E-state index contributed by atoms with van der Waals surface area (Å²) in [5.74, 6) is 1.69. The third-order valence-corrected chi connectivity index (χ3v) is 6.25. The number of thioether (sulfide) groups is 1. The summed E-state index contributed by atoms with van der Waals surface area (Å²) >= 11 is 1.59. The molecular formula is C22H29N5O2S. The summed E-state index contributed by atoms with van der Waals surface area (Å²) in [4.78, 5) is 26.4. The number of benzene rings is 1. The predicted molar refractivity (Wildman–Crippen MR) is 119 cm³/mol. The Hall–Kier alpha value is -2.16. The Bertz CT molecular complexity index is 882. The molecule has 1 saturated carbocycles. The highest BCUT2D eigenvalue weighted by Gasteiger charge is 2.24. The normalized spacial score (nSPS) is 17.2. The highest BCUT2D eigenvalue weighted by molar-refractivity contribution is 7.98. The number of nitrogens with zero attached hydrogens (tertiary/aromatic N) is 4. The number of anilines is 1. The van der Waals surface area contributed by atoms with Crippen LogP contribution in [0.4, 0.5) is 5.82 Å². The second-order valence-electron chi connectivity index (χ2n) is 7.96. The molecule has 1 saturated heterocycles. The molecule has 0 spiro atoms. The van der Waals surface area contributed by atoms with E-state index in [1.54, 1.807) is 18.9 Å². The maximum absolute atomic E-state index is 12.3. The van der Waals surface area contributed by atoms with Gasteiger partial charge in [-0.3, -0.25) is 4.79 Å². The third-order valence-electron chi connectivity index (χ3n) is 5.33. The zero-order chi connectivity index (χ0) is 20.9. The summed E-state index contributed by atoms with van der Waals surface area (Å²) in [6.07, 6.45) is 2.18. The highest BCUT2D eigenvalue weighted by atomic mass is 32.2. The van der Waals surface area contributed by atoms with Crippen LogP contribution in [-0.4, -0.2) is 67.2 Å². The molecule has 8 heteroatoms. The summed E-state index contributed by atoms with van der Waals surface area (Å²) in [7, 11) is 3.83. The van der Waals surface area contributed by atoms with Crippen molar-refractivity contribution in [3.05, 3.63) is 47.2 Å². The minimum absolute atomic E-state index is 0.0139. The van der Waals surface area contributed by atoms with Crippen LogP contribution in [0, 0.1) is 0 Å². The van der Waals surface area contributed by atoms with Gasteiger partial charge in [-0.15, -0.1) is 0 Å². The van der Waals surface area contributed by atoms with Gasteiger partial charge in [-0.1, -0.05) is 23.9 Å². The maximum Gasteiger partial charge on any atom is 0.251 e. The van der Waals surface area contributed by atoms with Gasteiger partial charge in [0.05, 0.1) is 12.3 Å². The quantitative estimate of drug-likeness (QED) is 0.513. The number of piperazine rings is 1. The Balaban J connectivity index is 1.45. The number of amides is 1. The zero-order valence-electron chi connectivity index (χ0n) is 17.6. The van der Waals surface area contributed by atoms with Gasteiger partial charge in [0, 0.05) is 56.7 Å². The fraction of sp³-hybridized carbons (Fsp3) is 0.500. The SMILES string of the molecule is COCc1cc(N2CCN(C)CC2)nc(SCc2cccc(C(=O)NC3CC3)c2)n1. The molecule has 1 aromatic heterocycles. The Kier molecular flexibility index (Phi) is 6.86. The van der Waals surface area contributed by atoms with E-state index < -0.39 is 0 Å². The topological polar surface area (TPSA) is 70.6 Å². The van der Waals surface area contributed by atoms with E-state index in [1.807, 2.05) is 30.3 Å². The minimum atomic E-state index is 0.0139. The zero-order valence-corrected chi connectivity index (χ0v) is 18.5. The van der Waals surface area contributed by atoms with Crippen LogP contribution in [0.1, 0.15) is 34.5 Å². The van der Waals surface area contributed by atoms with Gasteiger partial charge in [-0.05, 0) is 37.6 Å². The third kappa shape index (κ3) is 5.71. The Morgan fingerprint density at radius 3 is 2.73 bits per heavy atom. The lowest BCUT2D eigenvalue weighted by Gasteiger charge is -2.33. The molecule has 0 radical (unpaired) electrons. The highest BCUT2D eigenvalue weighted by Crippen LogP contribution is 2.25. The molecule has 160 valence electrons. The van der Waals surface area contributed by atoms with E-state index in [2.05, 4.69) is 27.1 Å². The molecule has 7 nitrogen and oxygen atoms in total. The number of hydrogen-bond donors (Lipinski definition) is 1. The van der Waals surface area contributed by atoms with Crippen LogP contribution in [0.15, 0.2) is 35.5 Å². The fourth-order valence-electron chi connectivity index (χ4n) is 3.39.